The number of benzene rings is 4. The minimum absolute atomic E-state index is 1.01. The average Bonchev–Trinajstić information content (AvgIpc) is 2.71. The number of aryl methyl sites for hydroxylation is 1. The smallest absolute Gasteiger partial charge is 0.0823 e. The predicted molar refractivity (Wildman–Crippen MR) is 110 cm³/mol. The van der Waals surface area contributed by atoms with E-state index in [0.29, 0.717) is 0 Å². The molecule has 0 amide bonds. The molecule has 0 saturated carbocycles. The highest BCUT2D eigenvalue weighted by atomic mass is 14.9. The molecule has 2 heteroatoms. The molecule has 0 spiro atoms. The van der Waals surface area contributed by atoms with Crippen LogP contribution >= 0.6 is 0 Å². The van der Waals surface area contributed by atoms with Gasteiger partial charge in [-0.3, -0.25) is 0 Å². The Morgan fingerprint density at radius 3 is 1.81 bits per heavy atom. The Balaban J connectivity index is 2.00. The van der Waals surface area contributed by atoms with Crippen molar-refractivity contribution in [2.24, 2.45) is 12.0 Å². The molecule has 0 saturated heterocycles. The summed E-state index contributed by atoms with van der Waals surface area (Å²) in [5.41, 5.74) is 3.38. The highest BCUT2D eigenvalue weighted by Gasteiger charge is 2.07. The summed E-state index contributed by atoms with van der Waals surface area (Å²) < 4.78 is 2.24. The van der Waals surface area contributed by atoms with Gasteiger partial charge in [-0.1, -0.05) is 72.8 Å². The SMILES string of the molecule is Cn1c2ccccc2c(=Nc2cccc3ccccc23)c2ccccc21. The third kappa shape index (κ3) is 2.23. The first-order valence-electron chi connectivity index (χ1n) is 8.82. The molecule has 26 heavy (non-hydrogen) atoms. The molecular weight excluding hydrogens is 316 g/mol. The van der Waals surface area contributed by atoms with Crippen LogP contribution in [0.5, 0.6) is 0 Å². The first-order chi connectivity index (χ1) is 12.8. The first kappa shape index (κ1) is 14.9. The van der Waals surface area contributed by atoms with E-state index in [9.17, 15) is 0 Å². The van der Waals surface area contributed by atoms with E-state index < -0.39 is 0 Å². The number of para-hydroxylation sites is 2. The monoisotopic (exact) mass is 334 g/mol. The fourth-order valence-corrected chi connectivity index (χ4v) is 3.75. The van der Waals surface area contributed by atoms with Gasteiger partial charge in [0.2, 0.25) is 0 Å². The fraction of sp³-hybridized carbons (Fsp3) is 0.0417. The van der Waals surface area contributed by atoms with Gasteiger partial charge >= 0.3 is 0 Å². The van der Waals surface area contributed by atoms with Crippen molar-refractivity contribution in [1.82, 2.24) is 4.57 Å². The lowest BCUT2D eigenvalue weighted by molar-refractivity contribution is 1.00. The van der Waals surface area contributed by atoms with E-state index in [0.717, 1.165) is 11.0 Å². The van der Waals surface area contributed by atoms with Crippen molar-refractivity contribution in [2.45, 2.75) is 0 Å². The Morgan fingerprint density at radius 2 is 1.12 bits per heavy atom. The van der Waals surface area contributed by atoms with Gasteiger partial charge in [0.15, 0.2) is 0 Å². The summed E-state index contributed by atoms with van der Waals surface area (Å²) in [6.45, 7) is 0. The van der Waals surface area contributed by atoms with Gasteiger partial charge in [0, 0.05) is 23.2 Å². The minimum atomic E-state index is 1.01. The van der Waals surface area contributed by atoms with Gasteiger partial charge in [0.1, 0.15) is 0 Å². The van der Waals surface area contributed by atoms with Gasteiger partial charge in [-0.15, -0.1) is 0 Å². The van der Waals surface area contributed by atoms with Gasteiger partial charge in [0.05, 0.1) is 22.1 Å². The van der Waals surface area contributed by atoms with Crippen LogP contribution in [0, 0.1) is 0 Å². The van der Waals surface area contributed by atoms with E-state index in [2.05, 4.69) is 103 Å². The number of pyridine rings is 1. The molecule has 0 N–H and O–H groups in total. The van der Waals surface area contributed by atoms with E-state index in [-0.39, 0.29) is 0 Å². The maximum atomic E-state index is 5.15. The van der Waals surface area contributed by atoms with Crippen LogP contribution in [0.1, 0.15) is 0 Å². The lowest BCUT2D eigenvalue weighted by atomic mass is 10.1. The van der Waals surface area contributed by atoms with Gasteiger partial charge in [0.25, 0.3) is 0 Å². The van der Waals surface area contributed by atoms with Crippen LogP contribution in [0.2, 0.25) is 0 Å². The topological polar surface area (TPSA) is 17.3 Å². The van der Waals surface area contributed by atoms with Gasteiger partial charge in [-0.2, -0.15) is 0 Å². The van der Waals surface area contributed by atoms with Crippen molar-refractivity contribution in [3.63, 3.8) is 0 Å². The molecule has 0 aliphatic rings. The van der Waals surface area contributed by atoms with Gasteiger partial charge < -0.3 is 4.57 Å². The highest BCUT2D eigenvalue weighted by Crippen LogP contribution is 2.26. The van der Waals surface area contributed by atoms with Crippen LogP contribution < -0.4 is 5.36 Å². The van der Waals surface area contributed by atoms with Crippen LogP contribution in [0.15, 0.2) is 96.0 Å². The van der Waals surface area contributed by atoms with Crippen LogP contribution in [-0.4, -0.2) is 4.57 Å². The van der Waals surface area contributed by atoms with Crippen LogP contribution in [-0.2, 0) is 7.05 Å². The van der Waals surface area contributed by atoms with Crippen molar-refractivity contribution in [1.29, 1.82) is 0 Å². The van der Waals surface area contributed by atoms with Crippen molar-refractivity contribution >= 4 is 38.3 Å². The zero-order valence-electron chi connectivity index (χ0n) is 14.6. The maximum Gasteiger partial charge on any atom is 0.0823 e. The molecule has 0 radical (unpaired) electrons. The standard InChI is InChI=1S/C24H18N2/c1-26-22-15-6-4-12-19(22)24(20-13-5-7-16-23(20)26)25-21-14-8-10-17-9-2-3-11-18(17)21/h2-16H,1H3. The third-order valence-corrected chi connectivity index (χ3v) is 5.04. The molecular formula is C24H18N2. The quantitative estimate of drug-likeness (QED) is 0.349. The van der Waals surface area contributed by atoms with Crippen LogP contribution in [0.25, 0.3) is 32.6 Å². The van der Waals surface area contributed by atoms with E-state index in [1.807, 2.05) is 0 Å². The summed E-state index contributed by atoms with van der Waals surface area (Å²) in [7, 11) is 2.12. The van der Waals surface area contributed by atoms with E-state index in [1.54, 1.807) is 0 Å². The molecule has 0 atom stereocenters. The van der Waals surface area contributed by atoms with E-state index >= 15 is 0 Å². The number of rotatable bonds is 1. The number of aromatic nitrogens is 1. The lowest BCUT2D eigenvalue weighted by Crippen LogP contribution is -2.10. The molecule has 0 unspecified atom stereocenters. The largest absolute Gasteiger partial charge is 0.344 e. The Morgan fingerprint density at radius 1 is 0.577 bits per heavy atom. The molecule has 0 fully saturated rings. The molecule has 1 heterocycles. The lowest BCUT2D eigenvalue weighted by Gasteiger charge is -2.12. The fourth-order valence-electron chi connectivity index (χ4n) is 3.75. The Hall–Kier alpha value is -3.39. The zero-order valence-corrected chi connectivity index (χ0v) is 14.6. The van der Waals surface area contributed by atoms with Crippen molar-refractivity contribution in [3.05, 3.63) is 96.4 Å². The highest BCUT2D eigenvalue weighted by molar-refractivity contribution is 5.95. The summed E-state index contributed by atoms with van der Waals surface area (Å²) in [5, 5.41) is 5.76. The average molecular weight is 334 g/mol. The minimum Gasteiger partial charge on any atom is -0.344 e. The number of nitrogens with zero attached hydrogens (tertiary/aromatic N) is 2. The summed E-state index contributed by atoms with van der Waals surface area (Å²) in [5.74, 6) is 0. The molecule has 5 rings (SSSR count). The second kappa shape index (κ2) is 5.85. The third-order valence-electron chi connectivity index (χ3n) is 5.04. The second-order valence-corrected chi connectivity index (χ2v) is 6.55. The molecule has 1 aromatic heterocycles. The molecule has 124 valence electrons. The van der Waals surface area contributed by atoms with Crippen LogP contribution in [0.3, 0.4) is 0 Å². The molecule has 2 nitrogen and oxygen atoms in total. The van der Waals surface area contributed by atoms with Crippen molar-refractivity contribution in [3.8, 4) is 0 Å². The summed E-state index contributed by atoms with van der Waals surface area (Å²) in [4.78, 5) is 5.15. The van der Waals surface area contributed by atoms with E-state index in [1.165, 1.54) is 32.6 Å². The number of hydrogen-bond donors (Lipinski definition) is 0. The summed E-state index contributed by atoms with van der Waals surface area (Å²) in [6, 6.07) is 31.7. The summed E-state index contributed by atoms with van der Waals surface area (Å²) in [6.07, 6.45) is 0. The van der Waals surface area contributed by atoms with Crippen molar-refractivity contribution < 1.29 is 0 Å². The Kier molecular flexibility index (Phi) is 3.36. The molecule has 0 bridgehead atoms. The first-order valence-corrected chi connectivity index (χ1v) is 8.82. The maximum absolute atomic E-state index is 5.15. The Labute approximate surface area is 151 Å². The van der Waals surface area contributed by atoms with Crippen molar-refractivity contribution in [2.75, 3.05) is 0 Å². The Bertz CT molecular complexity index is 1280. The molecule has 5 aromatic rings. The predicted octanol–water partition coefficient (Wildman–Crippen LogP) is 5.72. The van der Waals surface area contributed by atoms with Gasteiger partial charge in [-0.05, 0) is 23.6 Å². The van der Waals surface area contributed by atoms with Gasteiger partial charge in [-0.25, -0.2) is 4.99 Å². The normalized spacial score (nSPS) is 11.3. The molecule has 4 aromatic carbocycles. The van der Waals surface area contributed by atoms with Crippen LogP contribution in [0.4, 0.5) is 5.69 Å². The number of fused-ring (bicyclic) bond motifs is 3. The molecule has 0 aliphatic heterocycles. The molecule has 0 aliphatic carbocycles. The van der Waals surface area contributed by atoms with E-state index in [4.69, 9.17) is 4.99 Å². The zero-order chi connectivity index (χ0) is 17.5. The summed E-state index contributed by atoms with van der Waals surface area (Å²) >= 11 is 0. The number of hydrogen-bond acceptors (Lipinski definition) is 1. The second-order valence-electron chi connectivity index (χ2n) is 6.55.